The molecule has 1 saturated heterocycles. The Kier molecular flexibility index (Phi) is 6.32. The number of benzene rings is 2. The van der Waals surface area contributed by atoms with Crippen LogP contribution in [-0.2, 0) is 16.0 Å². The van der Waals surface area contributed by atoms with Crippen molar-refractivity contribution in [3.05, 3.63) is 68.2 Å². The van der Waals surface area contributed by atoms with E-state index in [4.69, 9.17) is 34.8 Å². The van der Waals surface area contributed by atoms with Gasteiger partial charge in [-0.25, -0.2) is 4.39 Å². The van der Waals surface area contributed by atoms with Gasteiger partial charge in [0, 0.05) is 12.3 Å². The molecule has 11 heteroatoms. The second-order valence-electron chi connectivity index (χ2n) is 8.90. The van der Waals surface area contributed by atoms with Gasteiger partial charge in [-0.05, 0) is 28.8 Å². The van der Waals surface area contributed by atoms with E-state index in [0.717, 1.165) is 12.1 Å². The predicted octanol–water partition coefficient (Wildman–Crippen LogP) is 6.47. The highest BCUT2D eigenvalue weighted by Gasteiger charge is 2.59. The van der Waals surface area contributed by atoms with Crippen molar-refractivity contribution in [3.8, 4) is 0 Å². The molecule has 4 nitrogen and oxygen atoms in total. The molecule has 2 aromatic carbocycles. The molecule has 1 amide bonds. The Morgan fingerprint density at radius 1 is 1.06 bits per heavy atom. The summed E-state index contributed by atoms with van der Waals surface area (Å²) in [7, 11) is 0. The Labute approximate surface area is 208 Å². The third kappa shape index (κ3) is 4.14. The van der Waals surface area contributed by atoms with E-state index >= 15 is 4.39 Å². The van der Waals surface area contributed by atoms with Crippen molar-refractivity contribution in [2.75, 3.05) is 13.1 Å². The largest absolute Gasteiger partial charge is 0.417 e. The summed E-state index contributed by atoms with van der Waals surface area (Å²) in [5, 5.41) is 3.70. The Bertz CT molecular complexity index is 1140. The second kappa shape index (κ2) is 8.57. The minimum absolute atomic E-state index is 0.0380. The van der Waals surface area contributed by atoms with Crippen LogP contribution < -0.4 is 5.43 Å². The van der Waals surface area contributed by atoms with Crippen LogP contribution in [0.3, 0.4) is 0 Å². The Balaban J connectivity index is 1.56. The van der Waals surface area contributed by atoms with Gasteiger partial charge < -0.3 is 4.90 Å². The van der Waals surface area contributed by atoms with E-state index in [9.17, 15) is 18.0 Å². The summed E-state index contributed by atoms with van der Waals surface area (Å²) in [4.78, 5) is 13.5. The van der Waals surface area contributed by atoms with Gasteiger partial charge in [0.25, 0.3) is 0 Å². The third-order valence-electron chi connectivity index (χ3n) is 6.20. The van der Waals surface area contributed by atoms with Crippen LogP contribution in [0.25, 0.3) is 0 Å². The fraction of sp³-hybridized carbons (Fsp3) is 0.391. The lowest BCUT2D eigenvalue weighted by Gasteiger charge is -2.45. The second-order valence-corrected chi connectivity index (χ2v) is 10.1. The maximum absolute atomic E-state index is 15.2. The number of carbonyl (C=O) groups excluding carboxylic acids is 1. The van der Waals surface area contributed by atoms with Gasteiger partial charge in [-0.15, -0.1) is 0 Å². The molecule has 1 unspecified atom stereocenters. The molecule has 1 N–H and O–H groups in total. The number of halogens is 7. The highest BCUT2D eigenvalue weighted by Crippen LogP contribution is 2.47. The number of hydrogen-bond acceptors (Lipinski definition) is 3. The molecule has 1 atom stereocenters. The van der Waals surface area contributed by atoms with Crippen LogP contribution in [-0.4, -0.2) is 35.8 Å². The molecule has 2 aliphatic rings. The maximum atomic E-state index is 15.2. The number of hydrazone groups is 1. The van der Waals surface area contributed by atoms with Gasteiger partial charge in [0.2, 0.25) is 5.91 Å². The lowest BCUT2D eigenvalue weighted by Crippen LogP contribution is -2.59. The third-order valence-corrected chi connectivity index (χ3v) is 7.40. The number of likely N-dealkylation sites (tertiary alicyclic amines) is 1. The molecule has 34 heavy (non-hydrogen) atoms. The quantitative estimate of drug-likeness (QED) is 0.360. The molecule has 0 radical (unpaired) electrons. The van der Waals surface area contributed by atoms with E-state index in [1.807, 2.05) is 0 Å². The highest BCUT2D eigenvalue weighted by atomic mass is 35.5. The van der Waals surface area contributed by atoms with Crippen LogP contribution in [0.15, 0.2) is 41.5 Å². The number of rotatable bonds is 4. The fourth-order valence-corrected chi connectivity index (χ4v) is 4.78. The SMILES string of the molecule is CC(C)C(=O)N1CC(F)(c2ccc(C3=NNC(c4cc(Cl)c(Cl)c(Cl)c4)(C(F)(F)F)C3)cc2)C1. The molecule has 1 fully saturated rings. The summed E-state index contributed by atoms with van der Waals surface area (Å²) < 4.78 is 58.0. The van der Waals surface area contributed by atoms with Crippen molar-refractivity contribution in [2.24, 2.45) is 11.0 Å². The molecule has 2 heterocycles. The average Bonchev–Trinajstić information content (AvgIpc) is 3.21. The van der Waals surface area contributed by atoms with E-state index < -0.39 is 23.8 Å². The summed E-state index contributed by atoms with van der Waals surface area (Å²) in [6.07, 6.45) is -5.26. The number of nitrogens with one attached hydrogen (secondary N) is 1. The van der Waals surface area contributed by atoms with Crippen LogP contribution in [0.5, 0.6) is 0 Å². The van der Waals surface area contributed by atoms with Gasteiger partial charge in [0.05, 0.1) is 33.9 Å². The molecule has 182 valence electrons. The molecule has 0 saturated carbocycles. The average molecular weight is 537 g/mol. The zero-order chi connectivity index (χ0) is 25.1. The smallest absolute Gasteiger partial charge is 0.335 e. The summed E-state index contributed by atoms with van der Waals surface area (Å²) >= 11 is 17.9. The van der Waals surface area contributed by atoms with Crippen molar-refractivity contribution < 1.29 is 22.4 Å². The van der Waals surface area contributed by atoms with Crippen LogP contribution in [0.1, 0.15) is 37.0 Å². The number of carbonyl (C=O) groups is 1. The van der Waals surface area contributed by atoms with Crippen molar-refractivity contribution >= 4 is 46.4 Å². The summed E-state index contributed by atoms with van der Waals surface area (Å²) in [6.45, 7) is 3.39. The van der Waals surface area contributed by atoms with Gasteiger partial charge in [-0.2, -0.15) is 18.3 Å². The first-order valence-electron chi connectivity index (χ1n) is 10.4. The number of hydrogen-bond donors (Lipinski definition) is 1. The van der Waals surface area contributed by atoms with E-state index in [2.05, 4.69) is 10.5 Å². The first kappa shape index (κ1) is 25.1. The van der Waals surface area contributed by atoms with Crippen molar-refractivity contribution in [3.63, 3.8) is 0 Å². The molecule has 0 spiro atoms. The van der Waals surface area contributed by atoms with Gasteiger partial charge >= 0.3 is 6.18 Å². The molecule has 4 rings (SSSR count). The summed E-state index contributed by atoms with van der Waals surface area (Å²) in [5.41, 5.74) is -1.32. The maximum Gasteiger partial charge on any atom is 0.417 e. The monoisotopic (exact) mass is 535 g/mol. The lowest BCUT2D eigenvalue weighted by atomic mass is 9.83. The van der Waals surface area contributed by atoms with Gasteiger partial charge in [0.15, 0.2) is 11.2 Å². The van der Waals surface area contributed by atoms with Crippen molar-refractivity contribution in [2.45, 2.75) is 37.7 Å². The zero-order valence-electron chi connectivity index (χ0n) is 18.1. The zero-order valence-corrected chi connectivity index (χ0v) is 20.4. The van der Waals surface area contributed by atoms with E-state index in [-0.39, 0.29) is 51.3 Å². The number of amides is 1. The fourth-order valence-electron chi connectivity index (χ4n) is 4.18. The van der Waals surface area contributed by atoms with Gasteiger partial charge in [-0.3, -0.25) is 10.2 Å². The normalized spacial score (nSPS) is 21.8. The van der Waals surface area contributed by atoms with Crippen LogP contribution in [0.4, 0.5) is 17.6 Å². The van der Waals surface area contributed by atoms with E-state index in [1.165, 1.54) is 29.2 Å². The minimum Gasteiger partial charge on any atom is -0.335 e. The molecule has 0 bridgehead atoms. The number of nitrogens with zero attached hydrogens (tertiary/aromatic N) is 2. The van der Waals surface area contributed by atoms with Crippen LogP contribution >= 0.6 is 34.8 Å². The highest BCUT2D eigenvalue weighted by molar-refractivity contribution is 6.48. The predicted molar refractivity (Wildman–Crippen MR) is 124 cm³/mol. The molecule has 2 aliphatic heterocycles. The summed E-state index contributed by atoms with van der Waals surface area (Å²) in [5.74, 6) is -0.346. The molecular formula is C23H20Cl3F4N3O. The van der Waals surface area contributed by atoms with E-state index in [0.29, 0.717) is 11.1 Å². The van der Waals surface area contributed by atoms with Crippen LogP contribution in [0, 0.1) is 5.92 Å². The Morgan fingerprint density at radius 3 is 2.12 bits per heavy atom. The molecular weight excluding hydrogens is 517 g/mol. The molecule has 0 aromatic heterocycles. The lowest BCUT2D eigenvalue weighted by molar-refractivity contribution is -0.196. The first-order chi connectivity index (χ1) is 15.8. The van der Waals surface area contributed by atoms with Crippen LogP contribution in [0.2, 0.25) is 15.1 Å². The molecule has 0 aliphatic carbocycles. The van der Waals surface area contributed by atoms with Gasteiger partial charge in [0.1, 0.15) is 0 Å². The minimum atomic E-state index is -4.74. The number of alkyl halides is 4. The first-order valence-corrected chi connectivity index (χ1v) is 11.5. The standard InChI is InChI=1S/C23H20Cl3F4N3O/c1-12(2)20(34)33-10-21(27,11-33)14-5-3-13(4-6-14)18-9-22(32-31-18,23(28,29)30)15-7-16(24)19(26)17(25)8-15/h3-8,12,32H,9-11H2,1-2H3. The Hall–Kier alpha value is -2.03. The van der Waals surface area contributed by atoms with Crippen molar-refractivity contribution in [1.29, 1.82) is 0 Å². The summed E-state index contributed by atoms with van der Waals surface area (Å²) in [6, 6.07) is 8.31. The topological polar surface area (TPSA) is 44.7 Å². The van der Waals surface area contributed by atoms with Crippen molar-refractivity contribution in [1.82, 2.24) is 10.3 Å². The molecule has 2 aromatic rings. The Morgan fingerprint density at radius 2 is 1.62 bits per heavy atom. The van der Waals surface area contributed by atoms with Gasteiger partial charge in [-0.1, -0.05) is 72.9 Å². The van der Waals surface area contributed by atoms with E-state index in [1.54, 1.807) is 13.8 Å².